The van der Waals surface area contributed by atoms with E-state index in [1.165, 1.54) is 41.1 Å². The van der Waals surface area contributed by atoms with Crippen molar-refractivity contribution in [2.75, 3.05) is 5.32 Å². The number of fused-ring (bicyclic) bond motifs is 1. The normalized spacial score (nSPS) is 10.8. The Morgan fingerprint density at radius 2 is 1.83 bits per heavy atom. The molecule has 3 N–H and O–H groups in total. The molecule has 0 aliphatic rings. The van der Waals surface area contributed by atoms with E-state index in [1.807, 2.05) is 4.98 Å². The third-order valence-corrected chi connectivity index (χ3v) is 4.36. The molecule has 0 spiro atoms. The van der Waals surface area contributed by atoms with Crippen molar-refractivity contribution in [1.82, 2.24) is 19.5 Å². The fraction of sp³-hybridized carbons (Fsp3) is 0.0500. The van der Waals surface area contributed by atoms with Crippen molar-refractivity contribution in [3.8, 4) is 0 Å². The fourth-order valence-electron chi connectivity index (χ4n) is 3.01. The molecular weight excluding hydrogens is 393 g/mol. The number of benzene rings is 1. The topological polar surface area (TPSA) is 130 Å². The Morgan fingerprint density at radius 1 is 1.07 bits per heavy atom. The van der Waals surface area contributed by atoms with E-state index in [4.69, 9.17) is 0 Å². The number of nitrogens with zero attached hydrogens (tertiary/aromatic N) is 2. The van der Waals surface area contributed by atoms with Crippen LogP contribution >= 0.6 is 0 Å². The number of pyridine rings is 2. The number of carbonyl (C=O) groups is 1. The monoisotopic (exact) mass is 407 g/mol. The van der Waals surface area contributed by atoms with Gasteiger partial charge in [-0.05, 0) is 35.9 Å². The zero-order valence-corrected chi connectivity index (χ0v) is 15.3. The maximum Gasteiger partial charge on any atom is 0.327 e. The smallest absolute Gasteiger partial charge is 0.308 e. The molecule has 150 valence electrons. The minimum atomic E-state index is -0.806. The largest absolute Gasteiger partial charge is 0.327 e. The molecule has 1 amide bonds. The standard InChI is InChI=1S/C20H14FN5O4/c21-13-5-3-11(4-6-13)10-26-17-12(2-1-7-22-17)8-14(19(26)29)18(28)23-15-9-16(27)25-20(30)24-15/h1-9H,10H2,(H3,23,24,25,27,28,30). The van der Waals surface area contributed by atoms with Gasteiger partial charge in [0.2, 0.25) is 0 Å². The summed E-state index contributed by atoms with van der Waals surface area (Å²) in [7, 11) is 0. The average molecular weight is 407 g/mol. The first-order valence-corrected chi connectivity index (χ1v) is 8.79. The summed E-state index contributed by atoms with van der Waals surface area (Å²) in [5, 5.41) is 2.88. The lowest BCUT2D eigenvalue weighted by Crippen LogP contribution is -2.31. The Kier molecular flexibility index (Phi) is 4.80. The second kappa shape index (κ2) is 7.59. The van der Waals surface area contributed by atoms with Crippen LogP contribution in [0.4, 0.5) is 10.2 Å². The molecule has 0 saturated heterocycles. The first-order valence-electron chi connectivity index (χ1n) is 8.79. The van der Waals surface area contributed by atoms with E-state index in [0.29, 0.717) is 16.6 Å². The molecule has 9 nitrogen and oxygen atoms in total. The summed E-state index contributed by atoms with van der Waals surface area (Å²) in [6, 6.07) is 11.3. The van der Waals surface area contributed by atoms with Gasteiger partial charge in [-0.25, -0.2) is 14.2 Å². The number of hydrogen-bond acceptors (Lipinski definition) is 5. The summed E-state index contributed by atoms with van der Waals surface area (Å²) in [6.07, 6.45) is 1.52. The van der Waals surface area contributed by atoms with E-state index >= 15 is 0 Å². The van der Waals surface area contributed by atoms with Gasteiger partial charge in [-0.2, -0.15) is 0 Å². The predicted octanol–water partition coefficient (Wildman–Crippen LogP) is 1.21. The van der Waals surface area contributed by atoms with Gasteiger partial charge in [-0.1, -0.05) is 12.1 Å². The molecule has 0 saturated carbocycles. The van der Waals surface area contributed by atoms with E-state index in [1.54, 1.807) is 12.1 Å². The number of amides is 1. The number of aromatic amines is 2. The Labute approximate surface area is 166 Å². The molecule has 3 aromatic heterocycles. The van der Waals surface area contributed by atoms with Crippen molar-refractivity contribution < 1.29 is 9.18 Å². The summed E-state index contributed by atoms with van der Waals surface area (Å²) in [5.74, 6) is -1.36. The Hall–Kier alpha value is -4.34. The van der Waals surface area contributed by atoms with Gasteiger partial charge >= 0.3 is 5.69 Å². The lowest BCUT2D eigenvalue weighted by atomic mass is 10.1. The molecular formula is C20H14FN5O4. The summed E-state index contributed by atoms with van der Waals surface area (Å²) < 4.78 is 14.5. The van der Waals surface area contributed by atoms with Crippen molar-refractivity contribution in [2.45, 2.75) is 6.54 Å². The highest BCUT2D eigenvalue weighted by Crippen LogP contribution is 2.14. The van der Waals surface area contributed by atoms with E-state index < -0.39 is 28.5 Å². The number of halogens is 1. The van der Waals surface area contributed by atoms with Crippen LogP contribution in [-0.4, -0.2) is 25.4 Å². The molecule has 4 rings (SSSR count). The van der Waals surface area contributed by atoms with Crippen molar-refractivity contribution in [2.24, 2.45) is 0 Å². The molecule has 0 bridgehead atoms. The summed E-state index contributed by atoms with van der Waals surface area (Å²) in [5.41, 5.74) is -1.34. The van der Waals surface area contributed by atoms with E-state index in [9.17, 15) is 23.6 Å². The van der Waals surface area contributed by atoms with Crippen molar-refractivity contribution in [1.29, 1.82) is 0 Å². The third-order valence-electron chi connectivity index (χ3n) is 4.36. The lowest BCUT2D eigenvalue weighted by Gasteiger charge is -2.12. The van der Waals surface area contributed by atoms with Gasteiger partial charge in [0.25, 0.3) is 17.0 Å². The average Bonchev–Trinajstić information content (AvgIpc) is 2.70. The Morgan fingerprint density at radius 3 is 2.57 bits per heavy atom. The minimum Gasteiger partial charge on any atom is -0.308 e. The number of H-pyrrole nitrogens is 2. The van der Waals surface area contributed by atoms with E-state index in [2.05, 4.69) is 15.3 Å². The lowest BCUT2D eigenvalue weighted by molar-refractivity contribution is 0.102. The molecule has 0 fully saturated rings. The number of carbonyl (C=O) groups excluding carboxylic acids is 1. The number of rotatable bonds is 4. The zero-order valence-electron chi connectivity index (χ0n) is 15.3. The molecule has 4 aromatic rings. The molecule has 0 radical (unpaired) electrons. The van der Waals surface area contributed by atoms with Gasteiger partial charge in [0.1, 0.15) is 22.8 Å². The SMILES string of the molecule is O=C(Nc1cc(=O)[nH]c(=O)[nH]1)c1cc2cccnc2n(Cc2ccc(F)cc2)c1=O. The van der Waals surface area contributed by atoms with Gasteiger partial charge in [0.15, 0.2) is 0 Å². The number of anilines is 1. The van der Waals surface area contributed by atoms with Crippen LogP contribution in [0.25, 0.3) is 11.0 Å². The van der Waals surface area contributed by atoms with Crippen LogP contribution in [0.2, 0.25) is 0 Å². The second-order valence-electron chi connectivity index (χ2n) is 6.45. The molecule has 0 atom stereocenters. The molecule has 1 aromatic carbocycles. The summed E-state index contributed by atoms with van der Waals surface area (Å²) in [4.78, 5) is 57.1. The maximum absolute atomic E-state index is 13.2. The van der Waals surface area contributed by atoms with Crippen molar-refractivity contribution in [3.05, 3.63) is 103 Å². The van der Waals surface area contributed by atoms with Crippen LogP contribution in [0.15, 0.2) is 69.1 Å². The molecule has 0 unspecified atom stereocenters. The summed E-state index contributed by atoms with van der Waals surface area (Å²) in [6.45, 7) is 0.0651. The summed E-state index contributed by atoms with van der Waals surface area (Å²) >= 11 is 0. The van der Waals surface area contributed by atoms with Crippen LogP contribution < -0.4 is 22.1 Å². The second-order valence-corrected chi connectivity index (χ2v) is 6.45. The maximum atomic E-state index is 13.2. The number of hydrogen-bond donors (Lipinski definition) is 3. The quantitative estimate of drug-likeness (QED) is 0.468. The van der Waals surface area contributed by atoms with Crippen LogP contribution in [0.1, 0.15) is 15.9 Å². The van der Waals surface area contributed by atoms with Gasteiger partial charge in [-0.3, -0.25) is 28.9 Å². The zero-order chi connectivity index (χ0) is 21.3. The predicted molar refractivity (Wildman–Crippen MR) is 107 cm³/mol. The highest BCUT2D eigenvalue weighted by Gasteiger charge is 2.17. The molecule has 10 heteroatoms. The molecule has 0 aliphatic heterocycles. The van der Waals surface area contributed by atoms with Gasteiger partial charge in [0.05, 0.1) is 6.54 Å². The van der Waals surface area contributed by atoms with Crippen LogP contribution in [0.3, 0.4) is 0 Å². The van der Waals surface area contributed by atoms with Crippen molar-refractivity contribution >= 4 is 22.8 Å². The first kappa shape index (κ1) is 19.0. The molecule has 30 heavy (non-hydrogen) atoms. The van der Waals surface area contributed by atoms with Crippen LogP contribution in [0.5, 0.6) is 0 Å². The van der Waals surface area contributed by atoms with Crippen LogP contribution in [0, 0.1) is 5.82 Å². The third kappa shape index (κ3) is 3.78. The number of nitrogens with one attached hydrogen (secondary N) is 3. The minimum absolute atomic E-state index is 0.0651. The van der Waals surface area contributed by atoms with Gasteiger partial charge in [0, 0.05) is 17.6 Å². The van der Waals surface area contributed by atoms with Gasteiger partial charge < -0.3 is 5.32 Å². The van der Waals surface area contributed by atoms with Crippen molar-refractivity contribution in [3.63, 3.8) is 0 Å². The number of aromatic nitrogens is 4. The van der Waals surface area contributed by atoms with E-state index in [0.717, 1.165) is 6.07 Å². The van der Waals surface area contributed by atoms with Gasteiger partial charge in [-0.15, -0.1) is 0 Å². The van der Waals surface area contributed by atoms with Crippen LogP contribution in [-0.2, 0) is 6.54 Å². The highest BCUT2D eigenvalue weighted by molar-refractivity contribution is 6.05. The highest BCUT2D eigenvalue weighted by atomic mass is 19.1. The molecule has 0 aliphatic carbocycles. The van der Waals surface area contributed by atoms with E-state index in [-0.39, 0.29) is 17.9 Å². The molecule has 3 heterocycles. The Balaban J connectivity index is 1.80. The first-order chi connectivity index (χ1) is 14.4. The fourth-order valence-corrected chi connectivity index (χ4v) is 3.01. The Bertz CT molecular complexity index is 1410.